The predicted molar refractivity (Wildman–Crippen MR) is 62.3 cm³/mol. The van der Waals surface area contributed by atoms with Gasteiger partial charge in [0.15, 0.2) is 0 Å². The topological polar surface area (TPSA) is 32.3 Å². The van der Waals surface area contributed by atoms with Crippen LogP contribution in [0.25, 0.3) is 5.57 Å². The first kappa shape index (κ1) is 11.2. The van der Waals surface area contributed by atoms with Crippen molar-refractivity contribution in [2.75, 3.05) is 13.2 Å². The summed E-state index contributed by atoms with van der Waals surface area (Å²) in [5, 5.41) is 12.6. The summed E-state index contributed by atoms with van der Waals surface area (Å²) in [5.74, 6) is -0.301. The molecule has 4 heteroatoms. The van der Waals surface area contributed by atoms with E-state index >= 15 is 0 Å². The highest BCUT2D eigenvalue weighted by molar-refractivity contribution is 6.30. The van der Waals surface area contributed by atoms with Crippen LogP contribution < -0.4 is 5.32 Å². The monoisotopic (exact) mass is 239 g/mol. The summed E-state index contributed by atoms with van der Waals surface area (Å²) in [4.78, 5) is 0. The van der Waals surface area contributed by atoms with Gasteiger partial charge in [0.05, 0.1) is 6.61 Å². The fraction of sp³-hybridized carbons (Fsp3) is 0.167. The molecule has 1 aromatic carbocycles. The number of dihydropyridines is 1. The predicted octanol–water partition coefficient (Wildman–Crippen LogP) is 2.25. The molecule has 0 fully saturated rings. The van der Waals surface area contributed by atoms with Crippen molar-refractivity contribution in [3.05, 3.63) is 52.5 Å². The highest BCUT2D eigenvalue weighted by Gasteiger charge is 2.15. The van der Waals surface area contributed by atoms with E-state index in [9.17, 15) is 9.50 Å². The van der Waals surface area contributed by atoms with E-state index in [4.69, 9.17) is 11.6 Å². The van der Waals surface area contributed by atoms with Gasteiger partial charge < -0.3 is 10.4 Å². The van der Waals surface area contributed by atoms with Crippen molar-refractivity contribution in [1.29, 1.82) is 0 Å². The number of hydrogen-bond donors (Lipinski definition) is 2. The Morgan fingerprint density at radius 3 is 2.94 bits per heavy atom. The van der Waals surface area contributed by atoms with Gasteiger partial charge in [-0.1, -0.05) is 29.8 Å². The minimum absolute atomic E-state index is 0.172. The SMILES string of the molecule is OCC1=C(Cl)NCC=C1c1cccc(F)c1. The summed E-state index contributed by atoms with van der Waals surface area (Å²) in [7, 11) is 0. The van der Waals surface area contributed by atoms with Crippen LogP contribution in [0.15, 0.2) is 41.1 Å². The Bertz CT molecular complexity index is 468. The molecule has 1 aliphatic heterocycles. The average molecular weight is 240 g/mol. The molecule has 0 saturated carbocycles. The number of halogens is 2. The van der Waals surface area contributed by atoms with Crippen LogP contribution in [0.1, 0.15) is 5.56 Å². The van der Waals surface area contributed by atoms with Crippen molar-refractivity contribution in [1.82, 2.24) is 5.32 Å². The molecule has 2 rings (SSSR count). The van der Waals surface area contributed by atoms with Crippen molar-refractivity contribution in [2.45, 2.75) is 0 Å². The molecule has 16 heavy (non-hydrogen) atoms. The second kappa shape index (κ2) is 4.68. The average Bonchev–Trinajstić information content (AvgIpc) is 2.28. The van der Waals surface area contributed by atoms with Gasteiger partial charge in [-0.2, -0.15) is 0 Å². The largest absolute Gasteiger partial charge is 0.392 e. The molecule has 84 valence electrons. The standard InChI is InChI=1S/C12H11ClFNO/c13-12-11(7-16)10(4-5-15-12)8-2-1-3-9(14)6-8/h1-4,6,15-16H,5,7H2. The molecule has 0 radical (unpaired) electrons. The molecule has 1 aliphatic rings. The van der Waals surface area contributed by atoms with Gasteiger partial charge >= 0.3 is 0 Å². The van der Waals surface area contributed by atoms with Crippen molar-refractivity contribution in [3.63, 3.8) is 0 Å². The lowest BCUT2D eigenvalue weighted by molar-refractivity contribution is 0.334. The van der Waals surface area contributed by atoms with E-state index in [1.54, 1.807) is 12.1 Å². The van der Waals surface area contributed by atoms with Crippen LogP contribution >= 0.6 is 11.6 Å². The molecule has 0 unspecified atom stereocenters. The molecule has 0 spiro atoms. The Balaban J connectivity index is 2.44. The Labute approximate surface area is 98.0 Å². The summed E-state index contributed by atoms with van der Waals surface area (Å²) in [6.45, 7) is 0.405. The summed E-state index contributed by atoms with van der Waals surface area (Å²) in [5.41, 5.74) is 2.10. The van der Waals surface area contributed by atoms with Gasteiger partial charge in [0.2, 0.25) is 0 Å². The molecule has 1 aromatic rings. The molecule has 0 atom stereocenters. The molecule has 0 saturated heterocycles. The third kappa shape index (κ3) is 2.10. The molecule has 0 aliphatic carbocycles. The summed E-state index contributed by atoms with van der Waals surface area (Å²) in [6.07, 6.45) is 1.88. The number of aliphatic hydroxyl groups is 1. The van der Waals surface area contributed by atoms with Gasteiger partial charge in [-0.05, 0) is 23.3 Å². The fourth-order valence-electron chi connectivity index (χ4n) is 1.69. The van der Waals surface area contributed by atoms with Crippen LogP contribution in [-0.4, -0.2) is 18.3 Å². The van der Waals surface area contributed by atoms with Crippen LogP contribution in [0.2, 0.25) is 0 Å². The lowest BCUT2D eigenvalue weighted by Gasteiger charge is -2.18. The van der Waals surface area contributed by atoms with Gasteiger partial charge in [-0.25, -0.2) is 4.39 Å². The number of rotatable bonds is 2. The van der Waals surface area contributed by atoms with Crippen LogP contribution in [0.3, 0.4) is 0 Å². The van der Waals surface area contributed by atoms with E-state index < -0.39 is 0 Å². The highest BCUT2D eigenvalue weighted by Crippen LogP contribution is 2.28. The zero-order chi connectivity index (χ0) is 11.5. The third-order valence-corrected chi connectivity index (χ3v) is 2.81. The Hall–Kier alpha value is -1.32. The van der Waals surface area contributed by atoms with Gasteiger partial charge in [0.25, 0.3) is 0 Å². The highest BCUT2D eigenvalue weighted by atomic mass is 35.5. The van der Waals surface area contributed by atoms with Crippen LogP contribution in [-0.2, 0) is 0 Å². The van der Waals surface area contributed by atoms with Gasteiger partial charge in [-0.15, -0.1) is 0 Å². The quantitative estimate of drug-likeness (QED) is 0.776. The van der Waals surface area contributed by atoms with Crippen molar-refractivity contribution in [3.8, 4) is 0 Å². The molecule has 0 amide bonds. The second-order valence-electron chi connectivity index (χ2n) is 3.46. The fourth-order valence-corrected chi connectivity index (χ4v) is 1.93. The molecule has 2 N–H and O–H groups in total. The molecular weight excluding hydrogens is 229 g/mol. The minimum atomic E-state index is -0.301. The number of nitrogens with one attached hydrogen (secondary N) is 1. The van der Waals surface area contributed by atoms with Gasteiger partial charge in [-0.3, -0.25) is 0 Å². The normalized spacial score (nSPS) is 15.8. The van der Waals surface area contributed by atoms with E-state index in [-0.39, 0.29) is 12.4 Å². The molecular formula is C12H11ClFNO. The molecule has 0 bridgehead atoms. The van der Waals surface area contributed by atoms with Crippen molar-refractivity contribution in [2.24, 2.45) is 0 Å². The van der Waals surface area contributed by atoms with Crippen LogP contribution in [0, 0.1) is 5.82 Å². The third-order valence-electron chi connectivity index (χ3n) is 2.45. The Kier molecular flexibility index (Phi) is 3.27. The van der Waals surface area contributed by atoms with E-state index in [0.717, 1.165) is 11.1 Å². The van der Waals surface area contributed by atoms with Crippen molar-refractivity contribution < 1.29 is 9.50 Å². The minimum Gasteiger partial charge on any atom is -0.392 e. The van der Waals surface area contributed by atoms with E-state index in [1.807, 2.05) is 6.08 Å². The Morgan fingerprint density at radius 2 is 2.25 bits per heavy atom. The van der Waals surface area contributed by atoms with Gasteiger partial charge in [0.1, 0.15) is 11.0 Å². The molecule has 1 heterocycles. The van der Waals surface area contributed by atoms with E-state index in [1.165, 1.54) is 12.1 Å². The zero-order valence-electron chi connectivity index (χ0n) is 8.50. The first-order valence-corrected chi connectivity index (χ1v) is 5.30. The number of benzene rings is 1. The van der Waals surface area contributed by atoms with E-state index in [0.29, 0.717) is 17.3 Å². The van der Waals surface area contributed by atoms with Crippen molar-refractivity contribution >= 4 is 17.2 Å². The summed E-state index contributed by atoms with van der Waals surface area (Å²) >= 11 is 5.94. The summed E-state index contributed by atoms with van der Waals surface area (Å²) < 4.78 is 13.1. The molecule has 0 aromatic heterocycles. The number of aliphatic hydroxyl groups excluding tert-OH is 1. The first-order chi connectivity index (χ1) is 7.72. The first-order valence-electron chi connectivity index (χ1n) is 4.92. The lowest BCUT2D eigenvalue weighted by Crippen LogP contribution is -2.18. The summed E-state index contributed by atoms with van der Waals surface area (Å²) in [6, 6.07) is 6.24. The maximum atomic E-state index is 13.1. The van der Waals surface area contributed by atoms with Crippen LogP contribution in [0.5, 0.6) is 0 Å². The lowest BCUT2D eigenvalue weighted by atomic mass is 9.97. The second-order valence-corrected chi connectivity index (χ2v) is 3.84. The van der Waals surface area contributed by atoms with E-state index in [2.05, 4.69) is 5.32 Å². The zero-order valence-corrected chi connectivity index (χ0v) is 9.26. The number of hydrogen-bond acceptors (Lipinski definition) is 2. The maximum absolute atomic E-state index is 13.1. The Morgan fingerprint density at radius 1 is 1.44 bits per heavy atom. The molecule has 2 nitrogen and oxygen atoms in total. The smallest absolute Gasteiger partial charge is 0.123 e. The van der Waals surface area contributed by atoms with Crippen LogP contribution in [0.4, 0.5) is 4.39 Å². The van der Waals surface area contributed by atoms with Gasteiger partial charge in [0, 0.05) is 12.1 Å². The maximum Gasteiger partial charge on any atom is 0.123 e.